The van der Waals surface area contributed by atoms with Crippen LogP contribution in [-0.2, 0) is 0 Å². The maximum Gasteiger partial charge on any atom is 0.253 e. The summed E-state index contributed by atoms with van der Waals surface area (Å²) in [5.74, 6) is -0.248. The van der Waals surface area contributed by atoms with Gasteiger partial charge in [0.1, 0.15) is 0 Å². The maximum atomic E-state index is 11.5. The van der Waals surface area contributed by atoms with Gasteiger partial charge in [-0.3, -0.25) is 4.79 Å². The second-order valence-electron chi connectivity index (χ2n) is 2.71. The summed E-state index contributed by atoms with van der Waals surface area (Å²) in [5, 5.41) is 2.91. The minimum atomic E-state index is -0.248. The number of anilines is 1. The van der Waals surface area contributed by atoms with Crippen LogP contribution >= 0.6 is 11.6 Å². The first kappa shape index (κ1) is 10.6. The third kappa shape index (κ3) is 2.26. The van der Waals surface area contributed by atoms with Crippen molar-refractivity contribution >= 4 is 23.2 Å². The van der Waals surface area contributed by atoms with Gasteiger partial charge in [-0.1, -0.05) is 23.7 Å². The first-order chi connectivity index (χ1) is 6.66. The average Bonchev–Trinajstić information content (AvgIpc) is 2.18. The molecule has 0 aliphatic carbocycles. The molecule has 74 valence electrons. The van der Waals surface area contributed by atoms with Gasteiger partial charge in [-0.2, -0.15) is 0 Å². The Hall–Kier alpha value is -1.48. The Labute approximate surface area is 87.6 Å². The zero-order chi connectivity index (χ0) is 10.6. The van der Waals surface area contributed by atoms with Crippen LogP contribution in [0.15, 0.2) is 30.9 Å². The van der Waals surface area contributed by atoms with Crippen molar-refractivity contribution in [3.05, 3.63) is 41.4 Å². The molecular weight excluding hydrogens is 200 g/mol. The zero-order valence-electron chi connectivity index (χ0n) is 7.59. The molecule has 0 fully saturated rings. The molecule has 0 aliphatic rings. The Balaban J connectivity index is 2.89. The quantitative estimate of drug-likeness (QED) is 0.591. The zero-order valence-corrected chi connectivity index (χ0v) is 8.34. The lowest BCUT2D eigenvalue weighted by atomic mass is 10.2. The molecule has 0 aliphatic heterocycles. The third-order valence-corrected chi connectivity index (χ3v) is 2.10. The lowest BCUT2D eigenvalue weighted by Crippen LogP contribution is -2.23. The SMILES string of the molecule is C=CCNC(=O)c1cccc(N)c1Cl. The molecule has 0 atom stereocenters. The van der Waals surface area contributed by atoms with Gasteiger partial charge in [0.25, 0.3) is 5.91 Å². The molecule has 0 spiro atoms. The van der Waals surface area contributed by atoms with E-state index in [-0.39, 0.29) is 10.9 Å². The molecule has 1 aromatic rings. The molecule has 0 heterocycles. The first-order valence-electron chi connectivity index (χ1n) is 4.10. The third-order valence-electron chi connectivity index (χ3n) is 1.68. The van der Waals surface area contributed by atoms with Crippen molar-refractivity contribution in [2.45, 2.75) is 0 Å². The van der Waals surface area contributed by atoms with Crippen LogP contribution in [0.4, 0.5) is 5.69 Å². The van der Waals surface area contributed by atoms with Crippen molar-refractivity contribution in [1.82, 2.24) is 5.32 Å². The molecule has 0 aromatic heterocycles. The second kappa shape index (κ2) is 4.67. The maximum absolute atomic E-state index is 11.5. The molecular formula is C10H11ClN2O. The predicted octanol–water partition coefficient (Wildman–Crippen LogP) is 1.84. The van der Waals surface area contributed by atoms with Gasteiger partial charge < -0.3 is 11.1 Å². The molecule has 3 nitrogen and oxygen atoms in total. The van der Waals surface area contributed by atoms with Crippen LogP contribution in [0.2, 0.25) is 5.02 Å². The van der Waals surface area contributed by atoms with Crippen molar-refractivity contribution in [3.63, 3.8) is 0 Å². The van der Waals surface area contributed by atoms with Crippen molar-refractivity contribution < 1.29 is 4.79 Å². The number of rotatable bonds is 3. The number of carbonyl (C=O) groups excluding carboxylic acids is 1. The van der Waals surface area contributed by atoms with E-state index in [4.69, 9.17) is 17.3 Å². The van der Waals surface area contributed by atoms with Crippen molar-refractivity contribution in [2.24, 2.45) is 0 Å². The Morgan fingerprint density at radius 1 is 1.64 bits per heavy atom. The lowest BCUT2D eigenvalue weighted by Gasteiger charge is -2.05. The van der Waals surface area contributed by atoms with Crippen LogP contribution in [0.5, 0.6) is 0 Å². The van der Waals surface area contributed by atoms with E-state index in [0.29, 0.717) is 17.8 Å². The largest absolute Gasteiger partial charge is 0.398 e. The van der Waals surface area contributed by atoms with E-state index >= 15 is 0 Å². The summed E-state index contributed by atoms with van der Waals surface area (Å²) in [6, 6.07) is 4.95. The molecule has 1 amide bonds. The van der Waals surface area contributed by atoms with Gasteiger partial charge in [0.2, 0.25) is 0 Å². The van der Waals surface area contributed by atoms with E-state index in [1.807, 2.05) is 0 Å². The first-order valence-corrected chi connectivity index (χ1v) is 4.47. The van der Waals surface area contributed by atoms with Crippen LogP contribution in [0.25, 0.3) is 0 Å². The highest BCUT2D eigenvalue weighted by Crippen LogP contribution is 2.22. The van der Waals surface area contributed by atoms with E-state index in [9.17, 15) is 4.79 Å². The molecule has 1 rings (SSSR count). The number of nitrogens with two attached hydrogens (primary N) is 1. The number of nitrogen functional groups attached to an aromatic ring is 1. The molecule has 0 unspecified atom stereocenters. The highest BCUT2D eigenvalue weighted by atomic mass is 35.5. The number of carbonyl (C=O) groups is 1. The standard InChI is InChI=1S/C10H11ClN2O/c1-2-6-13-10(14)7-4-3-5-8(12)9(7)11/h2-5H,1,6,12H2,(H,13,14). The Bertz CT molecular complexity index is 363. The number of amides is 1. The number of nitrogens with one attached hydrogen (secondary N) is 1. The predicted molar refractivity (Wildman–Crippen MR) is 58.4 cm³/mol. The molecule has 0 bridgehead atoms. The van der Waals surface area contributed by atoms with Crippen LogP contribution < -0.4 is 11.1 Å². The normalized spacial score (nSPS) is 9.50. The van der Waals surface area contributed by atoms with E-state index in [0.717, 1.165) is 0 Å². The Kier molecular flexibility index (Phi) is 3.54. The summed E-state index contributed by atoms with van der Waals surface area (Å²) in [5.41, 5.74) is 6.34. The van der Waals surface area contributed by atoms with Gasteiger partial charge in [0, 0.05) is 6.54 Å². The minimum Gasteiger partial charge on any atom is -0.398 e. The summed E-state index contributed by atoms with van der Waals surface area (Å²) in [4.78, 5) is 11.5. The summed E-state index contributed by atoms with van der Waals surface area (Å²) in [7, 11) is 0. The van der Waals surface area contributed by atoms with Gasteiger partial charge >= 0.3 is 0 Å². The highest BCUT2D eigenvalue weighted by molar-refractivity contribution is 6.36. The van der Waals surface area contributed by atoms with Crippen molar-refractivity contribution in [3.8, 4) is 0 Å². The van der Waals surface area contributed by atoms with Crippen molar-refractivity contribution in [1.29, 1.82) is 0 Å². The number of hydrogen-bond acceptors (Lipinski definition) is 2. The van der Waals surface area contributed by atoms with Gasteiger partial charge in [-0.25, -0.2) is 0 Å². The smallest absolute Gasteiger partial charge is 0.253 e. The summed E-state index contributed by atoms with van der Waals surface area (Å²) >= 11 is 5.86. The fourth-order valence-corrected chi connectivity index (χ4v) is 1.20. The van der Waals surface area contributed by atoms with Crippen LogP contribution in [0.1, 0.15) is 10.4 Å². The average molecular weight is 211 g/mol. The molecule has 0 saturated heterocycles. The highest BCUT2D eigenvalue weighted by Gasteiger charge is 2.10. The van der Waals surface area contributed by atoms with E-state index in [2.05, 4.69) is 11.9 Å². The Morgan fingerprint density at radius 2 is 2.36 bits per heavy atom. The molecule has 4 heteroatoms. The summed E-state index contributed by atoms with van der Waals surface area (Å²) < 4.78 is 0. The van der Waals surface area contributed by atoms with Gasteiger partial charge in [0.05, 0.1) is 16.3 Å². The van der Waals surface area contributed by atoms with E-state index in [1.165, 1.54) is 0 Å². The molecule has 3 N–H and O–H groups in total. The molecule has 1 aromatic carbocycles. The van der Waals surface area contributed by atoms with Gasteiger partial charge in [0.15, 0.2) is 0 Å². The van der Waals surface area contributed by atoms with Gasteiger partial charge in [-0.05, 0) is 12.1 Å². The van der Waals surface area contributed by atoms with Gasteiger partial charge in [-0.15, -0.1) is 6.58 Å². The van der Waals surface area contributed by atoms with Crippen LogP contribution in [0, 0.1) is 0 Å². The topological polar surface area (TPSA) is 55.1 Å². The second-order valence-corrected chi connectivity index (χ2v) is 3.09. The minimum absolute atomic E-state index is 0.248. The number of benzene rings is 1. The molecule has 0 radical (unpaired) electrons. The number of hydrogen-bond donors (Lipinski definition) is 2. The van der Waals surface area contributed by atoms with Crippen molar-refractivity contribution in [2.75, 3.05) is 12.3 Å². The molecule has 0 saturated carbocycles. The molecule has 14 heavy (non-hydrogen) atoms. The fraction of sp³-hybridized carbons (Fsp3) is 0.100. The fourth-order valence-electron chi connectivity index (χ4n) is 0.985. The summed E-state index contributed by atoms with van der Waals surface area (Å²) in [6.45, 7) is 3.90. The summed E-state index contributed by atoms with van der Waals surface area (Å²) in [6.07, 6.45) is 1.60. The van der Waals surface area contributed by atoms with E-state index in [1.54, 1.807) is 24.3 Å². The van der Waals surface area contributed by atoms with E-state index < -0.39 is 0 Å². The van der Waals surface area contributed by atoms with Crippen LogP contribution in [0.3, 0.4) is 0 Å². The van der Waals surface area contributed by atoms with Crippen LogP contribution in [-0.4, -0.2) is 12.5 Å². The Morgan fingerprint density at radius 3 is 3.00 bits per heavy atom. The number of halogens is 1. The monoisotopic (exact) mass is 210 g/mol. The lowest BCUT2D eigenvalue weighted by molar-refractivity contribution is 0.0958.